The first-order valence-electron chi connectivity index (χ1n) is 6.81. The lowest BCUT2D eigenvalue weighted by molar-refractivity contribution is 0.0941. The molecular formula is C17H14ClN3O. The third-order valence-electron chi connectivity index (χ3n) is 3.32. The molecule has 0 amide bonds. The molecule has 0 saturated heterocycles. The number of carbonyl (C=O) groups is 1. The number of nitrogens with one attached hydrogen (secondary N) is 1. The lowest BCUT2D eigenvalue weighted by Crippen LogP contribution is -2.02. The lowest BCUT2D eigenvalue weighted by Gasteiger charge is -1.99. The van der Waals surface area contributed by atoms with Crippen molar-refractivity contribution in [2.75, 3.05) is 5.43 Å². The monoisotopic (exact) mass is 311 g/mol. The van der Waals surface area contributed by atoms with Gasteiger partial charge in [0, 0.05) is 29.1 Å². The van der Waals surface area contributed by atoms with Crippen LogP contribution in [-0.2, 0) is 0 Å². The Bertz CT molecular complexity index is 850. The van der Waals surface area contributed by atoms with Crippen LogP contribution < -0.4 is 5.43 Å². The van der Waals surface area contributed by atoms with Gasteiger partial charge in [-0.1, -0.05) is 29.8 Å². The number of hydrogen-bond donors (Lipinski definition) is 1. The van der Waals surface area contributed by atoms with Gasteiger partial charge in [-0.05, 0) is 30.3 Å². The molecule has 1 aromatic heterocycles. The van der Waals surface area contributed by atoms with Crippen molar-refractivity contribution in [3.05, 3.63) is 65.3 Å². The van der Waals surface area contributed by atoms with Gasteiger partial charge < -0.3 is 0 Å². The van der Waals surface area contributed by atoms with Crippen LogP contribution in [0.1, 0.15) is 17.3 Å². The molecule has 0 saturated carbocycles. The van der Waals surface area contributed by atoms with Gasteiger partial charge in [-0.25, -0.2) is 0 Å². The zero-order chi connectivity index (χ0) is 15.5. The first-order valence-corrected chi connectivity index (χ1v) is 7.18. The molecule has 0 spiro atoms. The Balaban J connectivity index is 1.88. The number of carbonyl (C=O) groups excluding carboxylic acids is 1. The fraction of sp³-hybridized carbons (Fsp3) is 0.0588. The number of fused-ring (bicyclic) bond motifs is 1. The average Bonchev–Trinajstić information content (AvgIpc) is 2.89. The van der Waals surface area contributed by atoms with Crippen molar-refractivity contribution in [2.45, 2.75) is 6.92 Å². The Morgan fingerprint density at radius 3 is 2.64 bits per heavy atom. The summed E-state index contributed by atoms with van der Waals surface area (Å²) >= 11 is 5.84. The molecule has 4 nitrogen and oxygen atoms in total. The molecule has 0 aliphatic rings. The van der Waals surface area contributed by atoms with Gasteiger partial charge in [-0.3, -0.25) is 14.8 Å². The molecule has 1 heterocycles. The fourth-order valence-electron chi connectivity index (χ4n) is 2.27. The second-order valence-electron chi connectivity index (χ2n) is 4.87. The van der Waals surface area contributed by atoms with Gasteiger partial charge in [0.25, 0.3) is 0 Å². The van der Waals surface area contributed by atoms with Crippen molar-refractivity contribution in [1.29, 1.82) is 0 Å². The largest absolute Gasteiger partial charge is 0.287 e. The third kappa shape index (κ3) is 2.87. The highest BCUT2D eigenvalue weighted by atomic mass is 35.5. The summed E-state index contributed by atoms with van der Waals surface area (Å²) in [6.07, 6.45) is 3.50. The van der Waals surface area contributed by atoms with E-state index in [-0.39, 0.29) is 5.91 Å². The second-order valence-corrected chi connectivity index (χ2v) is 5.30. The molecule has 110 valence electrons. The van der Waals surface area contributed by atoms with Crippen molar-refractivity contribution >= 4 is 40.3 Å². The zero-order valence-electron chi connectivity index (χ0n) is 12.0. The van der Waals surface area contributed by atoms with Crippen LogP contribution in [0.25, 0.3) is 10.9 Å². The number of rotatable bonds is 3. The number of benzene rings is 2. The summed E-state index contributed by atoms with van der Waals surface area (Å²) in [5, 5.41) is 5.89. The Hall–Kier alpha value is -2.59. The zero-order valence-corrected chi connectivity index (χ0v) is 12.7. The van der Waals surface area contributed by atoms with Crippen molar-refractivity contribution in [1.82, 2.24) is 4.57 Å². The number of para-hydroxylation sites is 1. The molecule has 0 atom stereocenters. The molecule has 3 aromatic rings. The van der Waals surface area contributed by atoms with Gasteiger partial charge in [0.05, 0.1) is 17.4 Å². The summed E-state index contributed by atoms with van der Waals surface area (Å²) < 4.78 is 1.62. The Morgan fingerprint density at radius 1 is 1.18 bits per heavy atom. The first-order chi connectivity index (χ1) is 10.6. The van der Waals surface area contributed by atoms with Gasteiger partial charge in [0.15, 0.2) is 0 Å². The smallest absolute Gasteiger partial charge is 0.227 e. The van der Waals surface area contributed by atoms with E-state index in [1.807, 2.05) is 36.4 Å². The maximum absolute atomic E-state index is 11.7. The summed E-state index contributed by atoms with van der Waals surface area (Å²) in [4.78, 5) is 11.7. The van der Waals surface area contributed by atoms with Crippen LogP contribution in [0.3, 0.4) is 0 Å². The van der Waals surface area contributed by atoms with Crippen molar-refractivity contribution in [3.8, 4) is 0 Å². The van der Waals surface area contributed by atoms with Crippen LogP contribution in [0.4, 0.5) is 5.69 Å². The molecular weight excluding hydrogens is 298 g/mol. The molecule has 2 aromatic carbocycles. The highest BCUT2D eigenvalue weighted by Gasteiger charge is 2.08. The SMILES string of the molecule is CC(=O)n1cc(C=NNc2ccc(Cl)cc2)c2ccccc21. The van der Waals surface area contributed by atoms with Crippen LogP contribution in [0, 0.1) is 0 Å². The minimum atomic E-state index is -0.0264. The maximum Gasteiger partial charge on any atom is 0.227 e. The van der Waals surface area contributed by atoms with Crippen LogP contribution >= 0.6 is 11.6 Å². The highest BCUT2D eigenvalue weighted by molar-refractivity contribution is 6.30. The summed E-state index contributed by atoms with van der Waals surface area (Å²) in [6, 6.07) is 15.0. The van der Waals surface area contributed by atoms with E-state index in [0.717, 1.165) is 22.2 Å². The number of nitrogens with zero attached hydrogens (tertiary/aromatic N) is 2. The maximum atomic E-state index is 11.7. The number of halogens is 1. The van der Waals surface area contributed by atoms with E-state index in [9.17, 15) is 4.79 Å². The van der Waals surface area contributed by atoms with Gasteiger partial charge >= 0.3 is 0 Å². The van der Waals surface area contributed by atoms with Gasteiger partial charge in [-0.15, -0.1) is 0 Å². The molecule has 1 N–H and O–H groups in total. The summed E-state index contributed by atoms with van der Waals surface area (Å²) in [7, 11) is 0. The van der Waals surface area contributed by atoms with E-state index in [1.165, 1.54) is 0 Å². The Morgan fingerprint density at radius 2 is 1.91 bits per heavy atom. The number of hydrogen-bond acceptors (Lipinski definition) is 3. The molecule has 0 fully saturated rings. The second kappa shape index (κ2) is 6.03. The summed E-state index contributed by atoms with van der Waals surface area (Å²) in [5.41, 5.74) is 5.54. The van der Waals surface area contributed by atoms with E-state index in [0.29, 0.717) is 5.02 Å². The van der Waals surface area contributed by atoms with E-state index in [4.69, 9.17) is 11.6 Å². The van der Waals surface area contributed by atoms with Crippen LogP contribution in [-0.4, -0.2) is 16.7 Å². The van der Waals surface area contributed by atoms with Gasteiger partial charge in [0.2, 0.25) is 5.91 Å². The molecule has 0 aliphatic heterocycles. The molecule has 0 unspecified atom stereocenters. The molecule has 22 heavy (non-hydrogen) atoms. The quantitative estimate of drug-likeness (QED) is 0.575. The van der Waals surface area contributed by atoms with E-state index in [2.05, 4.69) is 10.5 Å². The van der Waals surface area contributed by atoms with Crippen molar-refractivity contribution in [3.63, 3.8) is 0 Å². The highest BCUT2D eigenvalue weighted by Crippen LogP contribution is 2.20. The lowest BCUT2D eigenvalue weighted by atomic mass is 10.2. The van der Waals surface area contributed by atoms with Gasteiger partial charge in [-0.2, -0.15) is 5.10 Å². The number of aromatic nitrogens is 1. The molecule has 5 heteroatoms. The average molecular weight is 312 g/mol. The van der Waals surface area contributed by atoms with Crippen LogP contribution in [0.15, 0.2) is 59.8 Å². The molecule has 0 aliphatic carbocycles. The normalized spacial score (nSPS) is 11.2. The van der Waals surface area contributed by atoms with Crippen molar-refractivity contribution in [2.24, 2.45) is 5.10 Å². The summed E-state index contributed by atoms with van der Waals surface area (Å²) in [5.74, 6) is -0.0264. The topological polar surface area (TPSA) is 46.4 Å². The van der Waals surface area contributed by atoms with Crippen molar-refractivity contribution < 1.29 is 4.79 Å². The molecule has 0 bridgehead atoms. The van der Waals surface area contributed by atoms with E-state index >= 15 is 0 Å². The predicted molar refractivity (Wildman–Crippen MR) is 90.9 cm³/mol. The minimum Gasteiger partial charge on any atom is -0.287 e. The molecule has 3 rings (SSSR count). The number of hydrazone groups is 1. The van der Waals surface area contributed by atoms with Gasteiger partial charge in [0.1, 0.15) is 0 Å². The predicted octanol–water partition coefficient (Wildman–Crippen LogP) is 4.40. The number of anilines is 1. The minimum absolute atomic E-state index is 0.0264. The standard InChI is InChI=1S/C17H14ClN3O/c1-12(22)21-11-13(16-4-2-3-5-17(16)21)10-19-20-15-8-6-14(18)7-9-15/h2-11,20H,1H3. The van der Waals surface area contributed by atoms with Crippen LogP contribution in [0.5, 0.6) is 0 Å². The van der Waals surface area contributed by atoms with E-state index < -0.39 is 0 Å². The van der Waals surface area contributed by atoms with Crippen LogP contribution in [0.2, 0.25) is 5.02 Å². The third-order valence-corrected chi connectivity index (χ3v) is 3.58. The summed E-state index contributed by atoms with van der Waals surface area (Å²) in [6.45, 7) is 1.54. The fourth-order valence-corrected chi connectivity index (χ4v) is 2.40. The Kier molecular flexibility index (Phi) is 3.94. The first kappa shape index (κ1) is 14.4. The Labute approximate surface area is 133 Å². The van der Waals surface area contributed by atoms with E-state index in [1.54, 1.807) is 36.0 Å². The molecule has 0 radical (unpaired) electrons.